The van der Waals surface area contributed by atoms with Crippen LogP contribution in [0.15, 0.2) is 43.5 Å². The molecule has 3 heterocycles. The van der Waals surface area contributed by atoms with E-state index in [0.29, 0.717) is 6.42 Å². The number of rotatable bonds is 11. The Kier molecular flexibility index (Phi) is 8.67. The van der Waals surface area contributed by atoms with Gasteiger partial charge in [-0.1, -0.05) is 51.6 Å². The van der Waals surface area contributed by atoms with Crippen LogP contribution in [-0.4, -0.2) is 69.6 Å². The number of amides is 2. The second-order valence-corrected chi connectivity index (χ2v) is 13.3. The minimum Gasteiger partial charge on any atom is -0.461 e. The highest BCUT2D eigenvalue weighted by atomic mass is 32.2. The lowest BCUT2D eigenvalue weighted by Gasteiger charge is -2.42. The fraction of sp³-hybridized carbons (Fsp3) is 0.581. The summed E-state index contributed by atoms with van der Waals surface area (Å²) < 4.78 is 4.69. The zero-order valence-electron chi connectivity index (χ0n) is 23.8. The van der Waals surface area contributed by atoms with E-state index < -0.39 is 34.6 Å². The fourth-order valence-electron chi connectivity index (χ4n) is 7.05. The normalized spacial score (nSPS) is 29.9. The fourth-order valence-corrected chi connectivity index (χ4v) is 9.44. The molecule has 1 spiro atoms. The molecule has 7 nitrogen and oxygen atoms in total. The van der Waals surface area contributed by atoms with Crippen molar-refractivity contribution in [1.82, 2.24) is 4.90 Å². The van der Waals surface area contributed by atoms with Gasteiger partial charge in [0, 0.05) is 17.5 Å². The lowest BCUT2D eigenvalue weighted by molar-refractivity contribution is -0.154. The summed E-state index contributed by atoms with van der Waals surface area (Å²) >= 11 is 1.61. The van der Waals surface area contributed by atoms with E-state index in [1.54, 1.807) is 27.6 Å². The van der Waals surface area contributed by atoms with Gasteiger partial charge in [0.05, 0.1) is 29.2 Å². The van der Waals surface area contributed by atoms with Crippen molar-refractivity contribution in [1.29, 1.82) is 0 Å². The van der Waals surface area contributed by atoms with Gasteiger partial charge in [-0.05, 0) is 55.7 Å². The van der Waals surface area contributed by atoms with E-state index in [9.17, 15) is 19.5 Å². The van der Waals surface area contributed by atoms with Gasteiger partial charge in [0.1, 0.15) is 12.6 Å². The predicted octanol–water partition coefficient (Wildman–Crippen LogP) is 4.30. The number of ether oxygens (including phenoxy) is 1. The van der Waals surface area contributed by atoms with Gasteiger partial charge in [-0.25, -0.2) is 0 Å². The lowest BCUT2D eigenvalue weighted by atomic mass is 9.66. The summed E-state index contributed by atoms with van der Waals surface area (Å²) in [6, 6.07) is 4.63. The van der Waals surface area contributed by atoms with Crippen LogP contribution < -0.4 is 4.90 Å². The van der Waals surface area contributed by atoms with Gasteiger partial charge >= 0.3 is 5.97 Å². The van der Waals surface area contributed by atoms with Crippen LogP contribution in [0.5, 0.6) is 0 Å². The first-order valence-electron chi connectivity index (χ1n) is 13.9. The topological polar surface area (TPSA) is 87.2 Å². The van der Waals surface area contributed by atoms with Gasteiger partial charge in [0.25, 0.3) is 5.91 Å². The van der Waals surface area contributed by atoms with Gasteiger partial charge in [0.2, 0.25) is 5.91 Å². The molecule has 2 amide bonds. The molecular weight excluding hydrogens is 512 g/mol. The first-order valence-corrected chi connectivity index (χ1v) is 14.8. The number of aliphatic hydroxyl groups excluding tert-OH is 1. The highest BCUT2D eigenvalue weighted by Crippen LogP contribution is 2.69. The van der Waals surface area contributed by atoms with Gasteiger partial charge in [-0.3, -0.25) is 14.4 Å². The number of likely N-dealkylation sites (tertiary alicyclic amines) is 1. The molecule has 1 aromatic carbocycles. The van der Waals surface area contributed by atoms with Crippen molar-refractivity contribution in [3.63, 3.8) is 0 Å². The molecule has 1 N–H and O–H groups in total. The Hall–Kier alpha value is -2.58. The van der Waals surface area contributed by atoms with Crippen molar-refractivity contribution in [3.05, 3.63) is 54.6 Å². The molecule has 4 rings (SSSR count). The summed E-state index contributed by atoms with van der Waals surface area (Å²) in [6.07, 6.45) is 4.49. The number of esters is 1. The maximum atomic E-state index is 14.8. The first-order chi connectivity index (χ1) is 18.5. The SMILES string of the molecule is C=CCOC(=O)[C@@H]1[C@@H]2CC(C)C3(S2)C(C(=O)N(CC=C)c2cc(C)ccc2C)N([C@@H](CO)CC(C)C)C(=O)[C@H]13. The zero-order chi connectivity index (χ0) is 28.6. The molecule has 3 unspecified atom stereocenters. The Morgan fingerprint density at radius 3 is 2.62 bits per heavy atom. The van der Waals surface area contributed by atoms with Crippen LogP contribution in [0.4, 0.5) is 5.69 Å². The molecule has 212 valence electrons. The van der Waals surface area contributed by atoms with Gasteiger partial charge < -0.3 is 19.6 Å². The minimum atomic E-state index is -0.826. The van der Waals surface area contributed by atoms with Gasteiger partial charge in [-0.15, -0.1) is 18.3 Å². The Bertz CT molecular complexity index is 1150. The predicted molar refractivity (Wildman–Crippen MR) is 155 cm³/mol. The number of carbonyl (C=O) groups excluding carboxylic acids is 3. The summed E-state index contributed by atoms with van der Waals surface area (Å²) in [5.74, 6) is -1.93. The lowest BCUT2D eigenvalue weighted by Crippen LogP contribution is -2.59. The van der Waals surface area contributed by atoms with Crippen LogP contribution in [0.25, 0.3) is 0 Å². The van der Waals surface area contributed by atoms with E-state index in [0.717, 1.165) is 23.2 Å². The van der Waals surface area contributed by atoms with E-state index >= 15 is 0 Å². The van der Waals surface area contributed by atoms with Gasteiger partial charge in [-0.2, -0.15) is 0 Å². The highest BCUT2D eigenvalue weighted by molar-refractivity contribution is 8.02. The number of benzene rings is 1. The second-order valence-electron chi connectivity index (χ2n) is 11.7. The summed E-state index contributed by atoms with van der Waals surface area (Å²) in [7, 11) is 0. The smallest absolute Gasteiger partial charge is 0.311 e. The molecule has 3 aliphatic rings. The van der Waals surface area contributed by atoms with Crippen LogP contribution in [0.3, 0.4) is 0 Å². The number of hydrogen-bond acceptors (Lipinski definition) is 6. The maximum absolute atomic E-state index is 14.8. The Morgan fingerprint density at radius 1 is 1.28 bits per heavy atom. The van der Waals surface area contributed by atoms with Crippen molar-refractivity contribution in [2.24, 2.45) is 23.7 Å². The van der Waals surface area contributed by atoms with Crippen molar-refractivity contribution in [2.75, 3.05) is 24.7 Å². The molecule has 3 aliphatic heterocycles. The number of fused-ring (bicyclic) bond motifs is 1. The Labute approximate surface area is 236 Å². The zero-order valence-corrected chi connectivity index (χ0v) is 24.6. The summed E-state index contributed by atoms with van der Waals surface area (Å²) in [5.41, 5.74) is 2.75. The van der Waals surface area contributed by atoms with Crippen molar-refractivity contribution in [2.45, 2.75) is 69.5 Å². The molecule has 3 saturated heterocycles. The molecule has 1 aromatic rings. The van der Waals surface area contributed by atoms with E-state index in [2.05, 4.69) is 20.1 Å². The number of aryl methyl sites for hydroxylation is 2. The monoisotopic (exact) mass is 554 g/mol. The van der Waals surface area contributed by atoms with E-state index in [1.807, 2.05) is 45.9 Å². The highest BCUT2D eigenvalue weighted by Gasteiger charge is 2.77. The van der Waals surface area contributed by atoms with Crippen molar-refractivity contribution >= 4 is 35.2 Å². The Balaban J connectivity index is 1.87. The number of carbonyl (C=O) groups is 3. The largest absolute Gasteiger partial charge is 0.461 e. The quantitative estimate of drug-likeness (QED) is 0.324. The molecule has 8 heteroatoms. The third kappa shape index (κ3) is 4.84. The van der Waals surface area contributed by atoms with Crippen molar-refractivity contribution in [3.8, 4) is 0 Å². The average Bonchev–Trinajstić information content (AvgIpc) is 3.49. The van der Waals surface area contributed by atoms with Crippen LogP contribution in [-0.2, 0) is 19.1 Å². The standard InChI is InChI=1S/C31H42N2O5S/c1-8-12-32(23-15-19(5)10-11-20(23)6)29(36)27-31-21(7)16-24(39-31)25(30(37)38-13-9-2)26(31)28(35)33(27)22(17-34)14-18(3)4/h8-11,15,18,21-22,24-27,34H,1-2,12-14,16-17H2,3-7H3/t21?,22-,24+,25-,26+,27?,31?/m1/s1. The molecule has 0 radical (unpaired) electrons. The molecule has 2 bridgehead atoms. The average molecular weight is 555 g/mol. The van der Waals surface area contributed by atoms with E-state index in [1.165, 1.54) is 6.08 Å². The molecule has 3 fully saturated rings. The van der Waals surface area contributed by atoms with Crippen molar-refractivity contribution < 1.29 is 24.2 Å². The number of aliphatic hydroxyl groups is 1. The van der Waals surface area contributed by atoms with Crippen LogP contribution in [0.2, 0.25) is 0 Å². The first kappa shape index (κ1) is 29.4. The summed E-state index contributed by atoms with van der Waals surface area (Å²) in [4.78, 5) is 46.0. The molecule has 0 aliphatic carbocycles. The third-order valence-electron chi connectivity index (χ3n) is 8.61. The molecule has 0 saturated carbocycles. The molecule has 39 heavy (non-hydrogen) atoms. The number of anilines is 1. The number of hydrogen-bond donors (Lipinski definition) is 1. The third-order valence-corrected chi connectivity index (χ3v) is 10.7. The van der Waals surface area contributed by atoms with E-state index in [4.69, 9.17) is 4.74 Å². The van der Waals surface area contributed by atoms with Crippen LogP contribution in [0.1, 0.15) is 44.7 Å². The molecule has 7 atom stereocenters. The summed E-state index contributed by atoms with van der Waals surface area (Å²) in [5, 5.41) is 10.4. The van der Waals surface area contributed by atoms with Crippen LogP contribution >= 0.6 is 11.8 Å². The summed E-state index contributed by atoms with van der Waals surface area (Å²) in [6.45, 7) is 17.8. The number of nitrogens with zero attached hydrogens (tertiary/aromatic N) is 2. The molecule has 0 aromatic heterocycles. The maximum Gasteiger partial charge on any atom is 0.311 e. The van der Waals surface area contributed by atoms with Gasteiger partial charge in [0.15, 0.2) is 0 Å². The van der Waals surface area contributed by atoms with E-state index in [-0.39, 0.29) is 48.7 Å². The minimum absolute atomic E-state index is 0.0198. The Morgan fingerprint density at radius 2 is 2.00 bits per heavy atom. The van der Waals surface area contributed by atoms with Crippen LogP contribution in [0, 0.1) is 37.5 Å². The second kappa shape index (κ2) is 11.5. The molecular formula is C31H42N2O5S. The number of thioether (sulfide) groups is 1.